The summed E-state index contributed by atoms with van der Waals surface area (Å²) in [6.45, 7) is 10.6. The lowest BCUT2D eigenvalue weighted by Crippen LogP contribution is -2.42. The molecule has 1 amide bonds. The molecule has 1 N–H and O–H groups in total. The summed E-state index contributed by atoms with van der Waals surface area (Å²) >= 11 is 3.27. The third-order valence-electron chi connectivity index (χ3n) is 6.01. The molecule has 0 aromatic carbocycles. The van der Waals surface area contributed by atoms with Gasteiger partial charge in [0.1, 0.15) is 10.8 Å². The van der Waals surface area contributed by atoms with Crippen LogP contribution >= 0.6 is 23.3 Å². The maximum atomic E-state index is 13.5. The lowest BCUT2D eigenvalue weighted by atomic mass is 10.1. The van der Waals surface area contributed by atoms with Gasteiger partial charge in [0.25, 0.3) is 5.91 Å². The summed E-state index contributed by atoms with van der Waals surface area (Å²) in [6.07, 6.45) is 11.1. The molecule has 3 aromatic rings. The smallest absolute Gasteiger partial charge is 0.262 e. The summed E-state index contributed by atoms with van der Waals surface area (Å²) in [7, 11) is 1.88. The highest BCUT2D eigenvalue weighted by Crippen LogP contribution is 2.45. The molecule has 10 heteroatoms. The number of amides is 1. The Kier molecular flexibility index (Phi) is 5.84. The van der Waals surface area contributed by atoms with E-state index >= 15 is 0 Å². The molecule has 3 aromatic heterocycles. The minimum absolute atomic E-state index is 0.0162. The first kappa shape index (κ1) is 22.2. The monoisotopic (exact) mass is 483 g/mol. The lowest BCUT2D eigenvalue weighted by Gasteiger charge is -2.37. The number of carbonyl (C=O) groups is 1. The third-order valence-corrected chi connectivity index (χ3v) is 8.38. The average Bonchev–Trinajstić information content (AvgIpc) is 3.16. The molecule has 4 heterocycles. The zero-order chi connectivity index (χ0) is 23.2. The van der Waals surface area contributed by atoms with Gasteiger partial charge >= 0.3 is 0 Å². The van der Waals surface area contributed by atoms with Crippen molar-refractivity contribution in [2.75, 3.05) is 4.90 Å². The summed E-state index contributed by atoms with van der Waals surface area (Å²) in [5, 5.41) is 9.68. The summed E-state index contributed by atoms with van der Waals surface area (Å²) in [6, 6.07) is 2.02. The molecule has 0 unspecified atom stereocenters. The van der Waals surface area contributed by atoms with Crippen LogP contribution in [0.2, 0.25) is 0 Å². The van der Waals surface area contributed by atoms with Gasteiger partial charge in [-0.25, -0.2) is 0 Å². The molecular formula is C23H29N7OS2. The van der Waals surface area contributed by atoms with Gasteiger partial charge in [-0.05, 0) is 44.2 Å². The predicted molar refractivity (Wildman–Crippen MR) is 132 cm³/mol. The number of nitrogens with one attached hydrogen (secondary N) is 1. The first-order chi connectivity index (χ1) is 15.8. The summed E-state index contributed by atoms with van der Waals surface area (Å²) in [4.78, 5) is 17.4. The first-order valence-electron chi connectivity index (χ1n) is 11.2. The number of carbonyl (C=O) groups excluding carboxylic acids is 1. The molecule has 0 radical (unpaired) electrons. The molecule has 1 aliphatic carbocycles. The second-order valence-corrected chi connectivity index (χ2v) is 11.2. The van der Waals surface area contributed by atoms with Gasteiger partial charge in [-0.1, -0.05) is 13.5 Å². The Labute approximate surface area is 202 Å². The molecule has 5 rings (SSSR count). The molecule has 1 fully saturated rings. The highest BCUT2D eigenvalue weighted by Gasteiger charge is 2.38. The van der Waals surface area contributed by atoms with Gasteiger partial charge in [-0.2, -0.15) is 10.2 Å². The number of aryl methyl sites for hydroxylation is 2. The maximum Gasteiger partial charge on any atom is 0.262 e. The van der Waals surface area contributed by atoms with Crippen molar-refractivity contribution in [3.05, 3.63) is 59.9 Å². The predicted octanol–water partition coefficient (Wildman–Crippen LogP) is 4.37. The van der Waals surface area contributed by atoms with Crippen molar-refractivity contribution in [2.24, 2.45) is 7.05 Å². The SMILES string of the molecule is C=C1N(Cc2cnn(C)c2)C(=O)c2cc(SNC3(C)CC3)sc2N1Cc1cnn(CCC)c1. The van der Waals surface area contributed by atoms with Crippen molar-refractivity contribution in [1.82, 2.24) is 29.2 Å². The second-order valence-electron chi connectivity index (χ2n) is 9.08. The number of hydrogen-bond acceptors (Lipinski definition) is 7. The van der Waals surface area contributed by atoms with E-state index in [2.05, 4.69) is 46.4 Å². The van der Waals surface area contributed by atoms with Crippen LogP contribution in [0.15, 0.2) is 47.5 Å². The fourth-order valence-electron chi connectivity index (χ4n) is 3.84. The molecule has 33 heavy (non-hydrogen) atoms. The van der Waals surface area contributed by atoms with Crippen LogP contribution in [0.25, 0.3) is 0 Å². The minimum Gasteiger partial charge on any atom is -0.315 e. The number of fused-ring (bicyclic) bond motifs is 1. The van der Waals surface area contributed by atoms with E-state index in [9.17, 15) is 4.79 Å². The molecule has 1 saturated carbocycles. The highest BCUT2D eigenvalue weighted by molar-refractivity contribution is 7.99. The molecule has 2 aliphatic rings. The number of thiophene rings is 1. The Morgan fingerprint density at radius 2 is 1.91 bits per heavy atom. The maximum absolute atomic E-state index is 13.5. The molecule has 0 atom stereocenters. The normalized spacial score (nSPS) is 17.1. The molecular weight excluding hydrogens is 454 g/mol. The van der Waals surface area contributed by atoms with Gasteiger partial charge in [0, 0.05) is 42.7 Å². The summed E-state index contributed by atoms with van der Waals surface area (Å²) in [5.41, 5.74) is 3.00. The quantitative estimate of drug-likeness (QED) is 0.456. The largest absolute Gasteiger partial charge is 0.315 e. The van der Waals surface area contributed by atoms with E-state index in [1.165, 1.54) is 12.8 Å². The standard InChI is InChI=1S/C23H29N7OS2/c1-5-8-28-13-18(11-25-28)15-30-16(2)29(14-17-10-24-27(4)12-17)21(31)19-9-20(32-22(19)30)33-26-23(3)6-7-23/h9-13,26H,2,5-8,14-15H2,1,3-4H3. The number of rotatable bonds is 9. The van der Waals surface area contributed by atoms with Crippen LogP contribution in [0.5, 0.6) is 0 Å². The van der Waals surface area contributed by atoms with Gasteiger partial charge in [0.2, 0.25) is 0 Å². The van der Waals surface area contributed by atoms with E-state index in [1.54, 1.807) is 39.1 Å². The Morgan fingerprint density at radius 1 is 1.18 bits per heavy atom. The van der Waals surface area contributed by atoms with Crippen molar-refractivity contribution in [2.45, 2.75) is 62.5 Å². The second kappa shape index (κ2) is 8.66. The van der Waals surface area contributed by atoms with Crippen LogP contribution in [-0.4, -0.2) is 35.9 Å². The molecule has 0 bridgehead atoms. The molecule has 0 spiro atoms. The third kappa shape index (κ3) is 4.60. The van der Waals surface area contributed by atoms with Crippen molar-refractivity contribution >= 4 is 34.2 Å². The Hall–Kier alpha value is -2.56. The van der Waals surface area contributed by atoms with E-state index in [-0.39, 0.29) is 11.4 Å². The van der Waals surface area contributed by atoms with Crippen molar-refractivity contribution < 1.29 is 4.79 Å². The van der Waals surface area contributed by atoms with E-state index in [0.29, 0.717) is 18.9 Å². The van der Waals surface area contributed by atoms with Gasteiger partial charge in [-0.3, -0.25) is 23.8 Å². The molecule has 1 aliphatic heterocycles. The summed E-state index contributed by atoms with van der Waals surface area (Å²) < 4.78 is 8.37. The van der Waals surface area contributed by atoms with E-state index < -0.39 is 0 Å². The molecule has 8 nitrogen and oxygen atoms in total. The first-order valence-corrected chi connectivity index (χ1v) is 12.8. The number of aromatic nitrogens is 4. The lowest BCUT2D eigenvalue weighted by molar-refractivity contribution is 0.0783. The van der Waals surface area contributed by atoms with Crippen LogP contribution in [0.4, 0.5) is 5.00 Å². The number of hydrogen-bond donors (Lipinski definition) is 1. The van der Waals surface area contributed by atoms with Crippen LogP contribution in [-0.2, 0) is 26.7 Å². The van der Waals surface area contributed by atoms with E-state index in [4.69, 9.17) is 0 Å². The summed E-state index contributed by atoms with van der Waals surface area (Å²) in [5.74, 6) is 0.664. The van der Waals surface area contributed by atoms with Crippen molar-refractivity contribution in [1.29, 1.82) is 0 Å². The Balaban J connectivity index is 1.45. The van der Waals surface area contributed by atoms with E-state index in [0.717, 1.165) is 38.9 Å². The topological polar surface area (TPSA) is 71.2 Å². The fraction of sp³-hybridized carbons (Fsp3) is 0.435. The average molecular weight is 484 g/mol. The van der Waals surface area contributed by atoms with Crippen molar-refractivity contribution in [3.8, 4) is 0 Å². The Morgan fingerprint density at radius 3 is 2.61 bits per heavy atom. The zero-order valence-corrected chi connectivity index (χ0v) is 20.9. The minimum atomic E-state index is -0.0162. The van der Waals surface area contributed by atoms with Gasteiger partial charge in [0.05, 0.1) is 35.3 Å². The van der Waals surface area contributed by atoms with Crippen LogP contribution < -0.4 is 9.62 Å². The fourth-order valence-corrected chi connectivity index (χ4v) is 6.00. The van der Waals surface area contributed by atoms with Gasteiger partial charge in [-0.15, -0.1) is 11.3 Å². The van der Waals surface area contributed by atoms with Crippen molar-refractivity contribution in [3.63, 3.8) is 0 Å². The number of nitrogens with zero attached hydrogens (tertiary/aromatic N) is 6. The molecule has 0 saturated heterocycles. The van der Waals surface area contributed by atoms with E-state index in [1.807, 2.05) is 30.2 Å². The van der Waals surface area contributed by atoms with Crippen LogP contribution in [0.3, 0.4) is 0 Å². The molecule has 174 valence electrons. The van der Waals surface area contributed by atoms with Gasteiger partial charge in [0.15, 0.2) is 0 Å². The van der Waals surface area contributed by atoms with Crippen LogP contribution in [0.1, 0.15) is 54.6 Å². The Bertz CT molecular complexity index is 1190. The van der Waals surface area contributed by atoms with Crippen LogP contribution in [0, 0.1) is 0 Å². The zero-order valence-electron chi connectivity index (χ0n) is 19.2. The highest BCUT2D eigenvalue weighted by atomic mass is 32.2. The van der Waals surface area contributed by atoms with Gasteiger partial charge < -0.3 is 4.90 Å². The number of anilines is 1.